The van der Waals surface area contributed by atoms with E-state index in [1.54, 1.807) is 12.1 Å². The normalized spacial score (nSPS) is 10.2. The second kappa shape index (κ2) is 9.92. The predicted octanol–water partition coefficient (Wildman–Crippen LogP) is 4.82. The fourth-order valence-electron chi connectivity index (χ4n) is 1.98. The van der Waals surface area contributed by atoms with Crippen LogP contribution in [-0.2, 0) is 9.53 Å². The van der Waals surface area contributed by atoms with E-state index in [2.05, 4.69) is 6.92 Å². The van der Waals surface area contributed by atoms with E-state index in [4.69, 9.17) is 9.47 Å². The third-order valence-electron chi connectivity index (χ3n) is 3.25. The molecule has 0 saturated heterocycles. The van der Waals surface area contributed by atoms with Crippen LogP contribution in [0.3, 0.4) is 0 Å². The fraction of sp³-hybridized carbons (Fsp3) is 0.471. The van der Waals surface area contributed by atoms with E-state index in [0.29, 0.717) is 11.3 Å². The lowest BCUT2D eigenvalue weighted by Gasteiger charge is -2.08. The van der Waals surface area contributed by atoms with Crippen molar-refractivity contribution >= 4 is 11.5 Å². The van der Waals surface area contributed by atoms with E-state index in [-0.39, 0.29) is 12.2 Å². The van der Waals surface area contributed by atoms with Gasteiger partial charge in [0.25, 0.3) is 6.08 Å². The molecule has 22 heavy (non-hydrogen) atoms. The molecule has 0 amide bonds. The van der Waals surface area contributed by atoms with Crippen LogP contribution in [0.25, 0.3) is 5.57 Å². The van der Waals surface area contributed by atoms with E-state index in [1.807, 2.05) is 0 Å². The van der Waals surface area contributed by atoms with Gasteiger partial charge in [-0.25, -0.2) is 0 Å². The SMILES string of the molecule is CCCCCCOC(=O)CC(=C(F)F)c1ccc(OC)cc1. The predicted molar refractivity (Wildman–Crippen MR) is 81.8 cm³/mol. The van der Waals surface area contributed by atoms with Crippen molar-refractivity contribution in [2.45, 2.75) is 39.0 Å². The quantitative estimate of drug-likeness (QED) is 0.484. The Balaban J connectivity index is 2.57. The first kappa shape index (κ1) is 18.1. The number of carbonyl (C=O) groups is 1. The fourth-order valence-corrected chi connectivity index (χ4v) is 1.98. The molecule has 0 bridgehead atoms. The van der Waals surface area contributed by atoms with Crippen LogP contribution in [0, 0.1) is 0 Å². The molecule has 0 saturated carbocycles. The molecular formula is C17H22F2O3. The number of hydrogen-bond acceptors (Lipinski definition) is 3. The van der Waals surface area contributed by atoms with Gasteiger partial charge in [0.1, 0.15) is 5.75 Å². The van der Waals surface area contributed by atoms with E-state index in [9.17, 15) is 13.6 Å². The summed E-state index contributed by atoms with van der Waals surface area (Å²) in [5, 5.41) is 0. The average molecular weight is 312 g/mol. The van der Waals surface area contributed by atoms with Crippen molar-refractivity contribution in [2.24, 2.45) is 0 Å². The summed E-state index contributed by atoms with van der Waals surface area (Å²) in [6, 6.07) is 6.16. The second-order valence-corrected chi connectivity index (χ2v) is 4.93. The Morgan fingerprint density at radius 3 is 2.32 bits per heavy atom. The number of unbranched alkanes of at least 4 members (excludes halogenated alkanes) is 3. The Morgan fingerprint density at radius 1 is 1.09 bits per heavy atom. The molecule has 1 rings (SSSR count). The number of esters is 1. The summed E-state index contributed by atoms with van der Waals surface area (Å²) in [5.74, 6) is -0.0593. The number of ether oxygens (including phenoxy) is 2. The summed E-state index contributed by atoms with van der Waals surface area (Å²) in [5.41, 5.74) is -0.00931. The standard InChI is InChI=1S/C17H22F2O3/c1-3-4-5-6-11-22-16(20)12-15(17(18)19)13-7-9-14(21-2)10-8-13/h7-10H,3-6,11-12H2,1-2H3. The summed E-state index contributed by atoms with van der Waals surface area (Å²) >= 11 is 0. The van der Waals surface area contributed by atoms with E-state index < -0.39 is 18.5 Å². The molecule has 0 aromatic heterocycles. The zero-order valence-electron chi connectivity index (χ0n) is 13.0. The minimum Gasteiger partial charge on any atom is -0.497 e. The molecular weight excluding hydrogens is 290 g/mol. The van der Waals surface area contributed by atoms with Crippen LogP contribution in [0.15, 0.2) is 30.3 Å². The highest BCUT2D eigenvalue weighted by Gasteiger charge is 2.15. The molecule has 1 aromatic carbocycles. The lowest BCUT2D eigenvalue weighted by atomic mass is 10.0. The molecule has 5 heteroatoms. The highest BCUT2D eigenvalue weighted by atomic mass is 19.3. The average Bonchev–Trinajstić information content (AvgIpc) is 2.52. The molecule has 0 fully saturated rings. The van der Waals surface area contributed by atoms with Crippen LogP contribution in [0.5, 0.6) is 5.75 Å². The van der Waals surface area contributed by atoms with Crippen LogP contribution in [0.1, 0.15) is 44.6 Å². The lowest BCUT2D eigenvalue weighted by molar-refractivity contribution is -0.142. The van der Waals surface area contributed by atoms with Gasteiger partial charge in [-0.3, -0.25) is 4.79 Å². The summed E-state index contributed by atoms with van der Waals surface area (Å²) in [6.45, 7) is 2.37. The topological polar surface area (TPSA) is 35.5 Å². The molecule has 3 nitrogen and oxygen atoms in total. The first-order chi connectivity index (χ1) is 10.6. The minimum absolute atomic E-state index is 0.280. The van der Waals surface area contributed by atoms with Gasteiger partial charge in [0, 0.05) is 5.57 Å². The number of halogens is 2. The van der Waals surface area contributed by atoms with Crippen molar-refractivity contribution in [3.8, 4) is 5.75 Å². The van der Waals surface area contributed by atoms with Crippen molar-refractivity contribution < 1.29 is 23.0 Å². The molecule has 122 valence electrons. The summed E-state index contributed by atoms with van der Waals surface area (Å²) in [4.78, 5) is 11.7. The number of hydrogen-bond donors (Lipinski definition) is 0. The largest absolute Gasteiger partial charge is 0.497 e. The maximum absolute atomic E-state index is 13.1. The maximum atomic E-state index is 13.1. The van der Waals surface area contributed by atoms with Crippen molar-refractivity contribution in [2.75, 3.05) is 13.7 Å². The number of benzene rings is 1. The Labute approximate surface area is 129 Å². The van der Waals surface area contributed by atoms with Crippen molar-refractivity contribution in [1.29, 1.82) is 0 Å². The minimum atomic E-state index is -1.87. The summed E-state index contributed by atoms with van der Waals surface area (Å²) in [7, 11) is 1.50. The molecule has 0 atom stereocenters. The van der Waals surface area contributed by atoms with Gasteiger partial charge >= 0.3 is 5.97 Å². The Bertz CT molecular complexity index is 491. The monoisotopic (exact) mass is 312 g/mol. The Morgan fingerprint density at radius 2 is 1.77 bits per heavy atom. The van der Waals surface area contributed by atoms with Gasteiger partial charge in [0.2, 0.25) is 0 Å². The van der Waals surface area contributed by atoms with E-state index in [0.717, 1.165) is 25.7 Å². The van der Waals surface area contributed by atoms with Gasteiger partial charge in [0.05, 0.1) is 20.1 Å². The Hall–Kier alpha value is -1.91. The zero-order chi connectivity index (χ0) is 16.4. The highest BCUT2D eigenvalue weighted by Crippen LogP contribution is 2.26. The number of rotatable bonds is 9. The summed E-state index contributed by atoms with van der Waals surface area (Å²) in [6.07, 6.45) is 1.61. The molecule has 0 radical (unpaired) electrons. The van der Waals surface area contributed by atoms with Crippen LogP contribution < -0.4 is 4.74 Å². The van der Waals surface area contributed by atoms with E-state index >= 15 is 0 Å². The lowest BCUT2D eigenvalue weighted by Crippen LogP contribution is -2.07. The molecule has 1 aromatic rings. The third-order valence-corrected chi connectivity index (χ3v) is 3.25. The van der Waals surface area contributed by atoms with Gasteiger partial charge in [-0.2, -0.15) is 8.78 Å². The smallest absolute Gasteiger partial charge is 0.310 e. The summed E-state index contributed by atoms with van der Waals surface area (Å²) < 4.78 is 36.1. The van der Waals surface area contributed by atoms with Crippen LogP contribution >= 0.6 is 0 Å². The molecule has 0 aliphatic rings. The first-order valence-electron chi connectivity index (χ1n) is 7.42. The van der Waals surface area contributed by atoms with Gasteiger partial charge in [0.15, 0.2) is 0 Å². The van der Waals surface area contributed by atoms with Gasteiger partial charge in [-0.05, 0) is 24.1 Å². The van der Waals surface area contributed by atoms with Gasteiger partial charge < -0.3 is 9.47 Å². The van der Waals surface area contributed by atoms with Crippen molar-refractivity contribution in [3.05, 3.63) is 35.9 Å². The maximum Gasteiger partial charge on any atom is 0.310 e. The zero-order valence-corrected chi connectivity index (χ0v) is 13.0. The van der Waals surface area contributed by atoms with Crippen molar-refractivity contribution in [3.63, 3.8) is 0 Å². The second-order valence-electron chi connectivity index (χ2n) is 4.93. The molecule has 0 unspecified atom stereocenters. The van der Waals surface area contributed by atoms with Crippen LogP contribution in [0.4, 0.5) is 8.78 Å². The molecule has 0 N–H and O–H groups in total. The van der Waals surface area contributed by atoms with E-state index in [1.165, 1.54) is 19.2 Å². The first-order valence-corrected chi connectivity index (χ1v) is 7.42. The molecule has 0 heterocycles. The molecule has 0 spiro atoms. The molecule has 0 aliphatic heterocycles. The number of methoxy groups -OCH3 is 1. The third kappa shape index (κ3) is 6.24. The van der Waals surface area contributed by atoms with Gasteiger partial charge in [-0.15, -0.1) is 0 Å². The van der Waals surface area contributed by atoms with Crippen LogP contribution in [0.2, 0.25) is 0 Å². The van der Waals surface area contributed by atoms with Crippen molar-refractivity contribution in [1.82, 2.24) is 0 Å². The van der Waals surface area contributed by atoms with Gasteiger partial charge in [-0.1, -0.05) is 38.3 Å². The molecule has 0 aliphatic carbocycles. The number of carbonyl (C=O) groups excluding carboxylic acids is 1. The Kier molecular flexibility index (Phi) is 8.18. The highest BCUT2D eigenvalue weighted by molar-refractivity contribution is 5.85. The van der Waals surface area contributed by atoms with Crippen LogP contribution in [-0.4, -0.2) is 19.7 Å².